The lowest BCUT2D eigenvalue weighted by Crippen LogP contribution is -2.49. The number of Topliss-reactive ketones (excluding diaryl/α,β-unsaturated/α-hetero) is 1. The molecule has 3 aliphatic carbocycles. The summed E-state index contributed by atoms with van der Waals surface area (Å²) in [5, 5.41) is 8.72. The second kappa shape index (κ2) is 9.94. The van der Waals surface area contributed by atoms with E-state index in [9.17, 15) is 19.2 Å². The molecule has 0 aromatic heterocycles. The summed E-state index contributed by atoms with van der Waals surface area (Å²) in [6.45, 7) is 8.42. The molecule has 33 heavy (non-hydrogen) atoms. The van der Waals surface area contributed by atoms with Gasteiger partial charge in [0, 0.05) is 17.8 Å². The van der Waals surface area contributed by atoms with Gasteiger partial charge in [-0.1, -0.05) is 51.3 Å². The van der Waals surface area contributed by atoms with Crippen molar-refractivity contribution in [3.8, 4) is 0 Å². The fraction of sp³-hybridized carbons (Fsp3) is 0.704. The number of carboxylic acid groups (broad SMARTS) is 1. The molecule has 0 spiro atoms. The Morgan fingerprint density at radius 3 is 2.55 bits per heavy atom. The van der Waals surface area contributed by atoms with Crippen molar-refractivity contribution in [2.75, 3.05) is 6.61 Å². The van der Waals surface area contributed by atoms with Crippen LogP contribution in [0.5, 0.6) is 0 Å². The van der Waals surface area contributed by atoms with Gasteiger partial charge in [0.05, 0.1) is 12.8 Å². The van der Waals surface area contributed by atoms with Gasteiger partial charge in [-0.05, 0) is 55.4 Å². The molecule has 5 atom stereocenters. The summed E-state index contributed by atoms with van der Waals surface area (Å²) in [5.74, 6) is -1.04. The predicted octanol–water partition coefficient (Wildman–Crippen LogP) is 5.06. The van der Waals surface area contributed by atoms with Crippen LogP contribution >= 0.6 is 0 Å². The Hall–Kier alpha value is -2.24. The smallest absolute Gasteiger partial charge is 0.306 e. The Labute approximate surface area is 196 Å². The first kappa shape index (κ1) is 25.4. The van der Waals surface area contributed by atoms with Crippen LogP contribution in [0.4, 0.5) is 0 Å². The number of fused-ring (bicyclic) bond motifs is 3. The average molecular weight is 459 g/mol. The number of hydrogen-bond donors (Lipinski definition) is 1. The normalized spacial score (nSPS) is 32.1. The van der Waals surface area contributed by atoms with Crippen molar-refractivity contribution in [1.29, 1.82) is 0 Å². The van der Waals surface area contributed by atoms with Gasteiger partial charge in [0.1, 0.15) is 6.61 Å². The van der Waals surface area contributed by atoms with Crippen LogP contribution in [0.25, 0.3) is 0 Å². The summed E-state index contributed by atoms with van der Waals surface area (Å²) in [6, 6.07) is 0. The van der Waals surface area contributed by atoms with E-state index < -0.39 is 11.9 Å². The van der Waals surface area contributed by atoms with Gasteiger partial charge in [0.2, 0.25) is 0 Å². The number of hydrogen-bond acceptors (Lipinski definition) is 5. The van der Waals surface area contributed by atoms with Gasteiger partial charge in [-0.25, -0.2) is 0 Å². The zero-order chi connectivity index (χ0) is 24.4. The third-order valence-corrected chi connectivity index (χ3v) is 8.72. The third-order valence-electron chi connectivity index (χ3n) is 8.72. The van der Waals surface area contributed by atoms with Gasteiger partial charge in [0.25, 0.3) is 0 Å². The molecule has 0 bridgehead atoms. The molecular weight excluding hydrogens is 420 g/mol. The molecule has 0 heterocycles. The highest BCUT2D eigenvalue weighted by Gasteiger charge is 2.53. The van der Waals surface area contributed by atoms with E-state index >= 15 is 0 Å². The topological polar surface area (TPSA) is 97.7 Å². The van der Waals surface area contributed by atoms with Gasteiger partial charge in [-0.3, -0.25) is 19.2 Å². The molecule has 182 valence electrons. The van der Waals surface area contributed by atoms with E-state index in [1.807, 2.05) is 13.0 Å². The minimum atomic E-state index is -1.06. The van der Waals surface area contributed by atoms with Crippen LogP contribution < -0.4 is 0 Å². The molecule has 0 amide bonds. The monoisotopic (exact) mass is 458 g/mol. The lowest BCUT2D eigenvalue weighted by molar-refractivity contribution is -0.153. The van der Waals surface area contributed by atoms with Crippen molar-refractivity contribution in [2.24, 2.45) is 28.6 Å². The van der Waals surface area contributed by atoms with Gasteiger partial charge >= 0.3 is 11.9 Å². The number of ether oxygens (including phenoxy) is 1. The van der Waals surface area contributed by atoms with Gasteiger partial charge in [-0.2, -0.15) is 0 Å². The molecular formula is C27H38O6. The van der Waals surface area contributed by atoms with Crippen LogP contribution in [-0.2, 0) is 23.9 Å². The molecule has 1 fully saturated rings. The Balaban J connectivity index is 1.81. The van der Waals surface area contributed by atoms with Crippen molar-refractivity contribution < 1.29 is 29.0 Å². The van der Waals surface area contributed by atoms with E-state index in [1.54, 1.807) is 0 Å². The largest absolute Gasteiger partial charge is 0.481 e. The highest BCUT2D eigenvalue weighted by molar-refractivity contribution is 5.92. The number of esters is 1. The maximum absolute atomic E-state index is 13.2. The number of aliphatic carboxylic acids is 1. The first-order valence-corrected chi connectivity index (χ1v) is 12.4. The molecule has 0 aromatic carbocycles. The number of allylic oxidation sites excluding steroid dienone is 4. The summed E-state index contributed by atoms with van der Waals surface area (Å²) < 4.78 is 5.14. The first-order chi connectivity index (χ1) is 15.6. The van der Waals surface area contributed by atoms with Crippen LogP contribution in [0.3, 0.4) is 0 Å². The van der Waals surface area contributed by atoms with E-state index in [-0.39, 0.29) is 47.8 Å². The van der Waals surface area contributed by atoms with Crippen molar-refractivity contribution >= 4 is 23.5 Å². The van der Waals surface area contributed by atoms with Crippen LogP contribution in [0.1, 0.15) is 85.5 Å². The number of carbonyl (C=O) groups excluding carboxylic acids is 3. The van der Waals surface area contributed by atoms with E-state index in [4.69, 9.17) is 9.84 Å². The quantitative estimate of drug-likeness (QED) is 0.383. The highest BCUT2D eigenvalue weighted by atomic mass is 16.5. The maximum atomic E-state index is 13.2. The third kappa shape index (κ3) is 4.85. The van der Waals surface area contributed by atoms with Gasteiger partial charge in [-0.15, -0.1) is 0 Å². The van der Waals surface area contributed by atoms with Crippen molar-refractivity contribution in [3.05, 3.63) is 23.3 Å². The van der Waals surface area contributed by atoms with E-state index in [2.05, 4.69) is 26.8 Å². The zero-order valence-electron chi connectivity index (χ0n) is 20.4. The van der Waals surface area contributed by atoms with E-state index in [0.29, 0.717) is 24.7 Å². The van der Waals surface area contributed by atoms with Crippen LogP contribution in [0.15, 0.2) is 23.3 Å². The van der Waals surface area contributed by atoms with Crippen molar-refractivity contribution in [1.82, 2.24) is 0 Å². The number of carbonyl (C=O) groups is 4. The van der Waals surface area contributed by atoms with Crippen molar-refractivity contribution in [3.63, 3.8) is 0 Å². The zero-order valence-corrected chi connectivity index (χ0v) is 20.4. The van der Waals surface area contributed by atoms with Crippen LogP contribution in [-0.4, -0.2) is 35.2 Å². The summed E-state index contributed by atoms with van der Waals surface area (Å²) in [4.78, 5) is 47.7. The summed E-state index contributed by atoms with van der Waals surface area (Å²) in [7, 11) is 0. The standard InChI is InChI=1S/C27H38O6/c1-5-20-19-8-7-17-15-18(28)11-13-26(17,3)22(19)12-14-27(20,4)21(6-2)23(29)16-33-25(32)10-9-24(30)31/h12,15,19-21H,5-11,13-14,16H2,1-4H3,(H,30,31)/t19?,20?,21-,26+,27+/m1/s1. The minimum absolute atomic E-state index is 0.0447. The molecule has 3 aliphatic rings. The minimum Gasteiger partial charge on any atom is -0.481 e. The molecule has 6 heteroatoms. The van der Waals surface area contributed by atoms with Gasteiger partial charge in [0.15, 0.2) is 11.6 Å². The first-order valence-electron chi connectivity index (χ1n) is 12.4. The molecule has 0 radical (unpaired) electrons. The molecule has 6 nitrogen and oxygen atoms in total. The maximum Gasteiger partial charge on any atom is 0.306 e. The van der Waals surface area contributed by atoms with E-state index in [0.717, 1.165) is 32.1 Å². The average Bonchev–Trinajstić information content (AvgIpc) is 2.76. The lowest BCUT2D eigenvalue weighted by Gasteiger charge is -2.56. The van der Waals surface area contributed by atoms with Crippen molar-refractivity contribution in [2.45, 2.75) is 85.5 Å². The Kier molecular flexibility index (Phi) is 7.65. The summed E-state index contributed by atoms with van der Waals surface area (Å²) >= 11 is 0. The fourth-order valence-electron chi connectivity index (χ4n) is 7.00. The molecule has 1 saturated carbocycles. The SMILES string of the molecule is CCC1C2CCC3=CC(=O)CC[C@]3(C)C2=CC[C@]1(C)[C@H](CC)C(=O)COC(=O)CCC(=O)O. The van der Waals surface area contributed by atoms with Gasteiger partial charge < -0.3 is 9.84 Å². The number of carboxylic acids is 1. The molecule has 2 unspecified atom stereocenters. The molecule has 0 aliphatic heterocycles. The second-order valence-corrected chi connectivity index (χ2v) is 10.5. The second-order valence-electron chi connectivity index (χ2n) is 10.5. The van der Waals surface area contributed by atoms with Crippen LogP contribution in [0, 0.1) is 28.6 Å². The number of ketones is 2. The molecule has 0 saturated heterocycles. The Morgan fingerprint density at radius 2 is 1.91 bits per heavy atom. The van der Waals surface area contributed by atoms with E-state index in [1.165, 1.54) is 11.1 Å². The predicted molar refractivity (Wildman–Crippen MR) is 124 cm³/mol. The fourth-order valence-corrected chi connectivity index (χ4v) is 7.00. The Bertz CT molecular complexity index is 883. The summed E-state index contributed by atoms with van der Waals surface area (Å²) in [6.07, 6.45) is 9.56. The molecule has 0 aromatic rings. The lowest BCUT2D eigenvalue weighted by atomic mass is 9.48. The summed E-state index contributed by atoms with van der Waals surface area (Å²) in [5.41, 5.74) is 2.46. The molecule has 1 N–H and O–H groups in total. The Morgan fingerprint density at radius 1 is 1.18 bits per heavy atom. The number of rotatable bonds is 9. The molecule has 3 rings (SSSR count). The van der Waals surface area contributed by atoms with Crippen LogP contribution in [0.2, 0.25) is 0 Å². The highest BCUT2D eigenvalue weighted by Crippen LogP contribution is 2.61.